The first-order valence-electron chi connectivity index (χ1n) is 5.39. The molecule has 0 radical (unpaired) electrons. The first-order chi connectivity index (χ1) is 8.37. The minimum absolute atomic E-state index is 0.00726. The Labute approximate surface area is 111 Å². The summed E-state index contributed by atoms with van der Waals surface area (Å²) in [5.41, 5.74) is -1.20. The number of alkyl halides is 7. The van der Waals surface area contributed by atoms with E-state index in [1.807, 2.05) is 0 Å². The van der Waals surface area contributed by atoms with Crippen LogP contribution in [-0.4, -0.2) is 29.7 Å². The van der Waals surface area contributed by atoms with Crippen molar-refractivity contribution in [3.8, 4) is 0 Å². The summed E-state index contributed by atoms with van der Waals surface area (Å²) in [6, 6.07) is 0. The van der Waals surface area contributed by atoms with Gasteiger partial charge in [-0.05, 0) is 19.8 Å². The van der Waals surface area contributed by atoms with Crippen LogP contribution in [-0.2, 0) is 4.79 Å². The zero-order valence-corrected chi connectivity index (χ0v) is 11.0. The molecule has 0 rings (SSSR count). The first-order valence-corrected chi connectivity index (χ1v) is 5.92. The lowest BCUT2D eigenvalue weighted by Gasteiger charge is -2.32. The predicted octanol–water partition coefficient (Wildman–Crippen LogP) is 3.64. The van der Waals surface area contributed by atoms with Crippen LogP contribution in [0.5, 0.6) is 0 Å². The summed E-state index contributed by atoms with van der Waals surface area (Å²) in [6.45, 7) is 2.88. The van der Waals surface area contributed by atoms with Crippen LogP contribution in [0.1, 0.15) is 26.7 Å². The van der Waals surface area contributed by atoms with E-state index in [9.17, 15) is 31.1 Å². The Bertz CT molecular complexity index is 302. The molecule has 2 nitrogen and oxygen atoms in total. The lowest BCUT2D eigenvalue weighted by Crippen LogP contribution is -2.54. The molecular weight excluding hydrogens is 300 g/mol. The van der Waals surface area contributed by atoms with Gasteiger partial charge in [-0.2, -0.15) is 26.3 Å². The quantitative estimate of drug-likeness (QED) is 0.609. The van der Waals surface area contributed by atoms with Crippen molar-refractivity contribution < 1.29 is 31.1 Å². The van der Waals surface area contributed by atoms with Gasteiger partial charge in [0, 0.05) is 11.4 Å². The molecule has 1 atom stereocenters. The highest BCUT2D eigenvalue weighted by molar-refractivity contribution is 6.17. The summed E-state index contributed by atoms with van der Waals surface area (Å²) >= 11 is 5.41. The van der Waals surface area contributed by atoms with Crippen LogP contribution >= 0.6 is 11.6 Å². The number of rotatable bonds is 5. The van der Waals surface area contributed by atoms with Gasteiger partial charge in [0.05, 0.1) is 0 Å². The van der Waals surface area contributed by atoms with Gasteiger partial charge in [0.1, 0.15) is 0 Å². The van der Waals surface area contributed by atoms with Gasteiger partial charge in [-0.15, -0.1) is 11.6 Å². The van der Waals surface area contributed by atoms with Crippen molar-refractivity contribution in [3.63, 3.8) is 0 Å². The number of halogens is 7. The molecule has 0 aliphatic rings. The third kappa shape index (κ3) is 5.46. The van der Waals surface area contributed by atoms with E-state index >= 15 is 0 Å². The van der Waals surface area contributed by atoms with E-state index < -0.39 is 29.7 Å². The molecule has 0 bridgehead atoms. The van der Waals surface area contributed by atoms with Crippen LogP contribution in [0.25, 0.3) is 0 Å². The number of carbonyl (C=O) groups is 1. The second kappa shape index (κ2) is 6.19. The average Bonchev–Trinajstić information content (AvgIpc) is 2.12. The van der Waals surface area contributed by atoms with Crippen molar-refractivity contribution in [2.75, 3.05) is 5.88 Å². The zero-order chi connectivity index (χ0) is 15.5. The van der Waals surface area contributed by atoms with Crippen molar-refractivity contribution in [2.45, 2.75) is 44.6 Å². The Morgan fingerprint density at radius 2 is 1.58 bits per heavy atom. The molecule has 114 valence electrons. The van der Waals surface area contributed by atoms with Gasteiger partial charge in [-0.1, -0.05) is 6.92 Å². The van der Waals surface area contributed by atoms with Gasteiger partial charge in [0.15, 0.2) is 0 Å². The van der Waals surface area contributed by atoms with Crippen LogP contribution in [0.4, 0.5) is 26.3 Å². The summed E-state index contributed by atoms with van der Waals surface area (Å²) in [5.74, 6) is -6.12. The van der Waals surface area contributed by atoms with E-state index in [4.69, 9.17) is 11.6 Å². The number of nitrogens with one attached hydrogen (secondary N) is 1. The maximum absolute atomic E-state index is 12.3. The zero-order valence-electron chi connectivity index (χ0n) is 10.3. The molecule has 0 aliphatic carbocycles. The summed E-state index contributed by atoms with van der Waals surface area (Å²) < 4.78 is 73.9. The summed E-state index contributed by atoms with van der Waals surface area (Å²) in [7, 11) is 0. The molecule has 1 N–H and O–H groups in total. The molecule has 0 aliphatic heterocycles. The van der Waals surface area contributed by atoms with Gasteiger partial charge < -0.3 is 5.32 Å². The Kier molecular flexibility index (Phi) is 5.98. The maximum Gasteiger partial charge on any atom is 0.409 e. The fourth-order valence-electron chi connectivity index (χ4n) is 1.39. The van der Waals surface area contributed by atoms with E-state index in [2.05, 4.69) is 0 Å². The van der Waals surface area contributed by atoms with Crippen molar-refractivity contribution >= 4 is 17.5 Å². The molecule has 0 aromatic rings. The highest BCUT2D eigenvalue weighted by atomic mass is 35.5. The summed E-state index contributed by atoms with van der Waals surface area (Å²) in [4.78, 5) is 11.3. The van der Waals surface area contributed by atoms with Crippen molar-refractivity contribution in [3.05, 3.63) is 0 Å². The van der Waals surface area contributed by atoms with Gasteiger partial charge in [-0.25, -0.2) is 0 Å². The molecule has 0 aromatic carbocycles. The molecular formula is C10H14ClF6NO. The van der Waals surface area contributed by atoms with E-state index in [-0.39, 0.29) is 18.7 Å². The Balaban J connectivity index is 5.14. The predicted molar refractivity (Wildman–Crippen MR) is 57.8 cm³/mol. The Hall–Kier alpha value is -0.660. The van der Waals surface area contributed by atoms with Gasteiger partial charge in [-0.3, -0.25) is 4.79 Å². The molecule has 0 heterocycles. The van der Waals surface area contributed by atoms with Crippen LogP contribution in [0.3, 0.4) is 0 Å². The lowest BCUT2D eigenvalue weighted by atomic mass is 9.94. The molecule has 1 amide bonds. The summed E-state index contributed by atoms with van der Waals surface area (Å²) in [6.07, 6.45) is -11.1. The fraction of sp³-hybridized carbons (Fsp3) is 0.900. The van der Waals surface area contributed by atoms with E-state index in [1.165, 1.54) is 13.8 Å². The van der Waals surface area contributed by atoms with Crippen LogP contribution in [0.2, 0.25) is 0 Å². The van der Waals surface area contributed by atoms with Gasteiger partial charge in [0.2, 0.25) is 11.8 Å². The van der Waals surface area contributed by atoms with E-state index in [0.717, 1.165) is 0 Å². The second-order valence-corrected chi connectivity index (χ2v) is 4.74. The van der Waals surface area contributed by atoms with Crippen LogP contribution in [0, 0.1) is 5.92 Å². The molecule has 0 saturated carbocycles. The van der Waals surface area contributed by atoms with Crippen molar-refractivity contribution in [1.82, 2.24) is 5.32 Å². The molecule has 0 saturated heterocycles. The molecule has 1 unspecified atom stereocenters. The standard InChI is InChI=1S/C10H14ClF6NO/c1-3-8(2,4-5-11)18-7(19)6(9(12,13)14)10(15,16)17/h6H,3-5H2,1-2H3,(H,18,19). The smallest absolute Gasteiger partial charge is 0.350 e. The van der Waals surface area contributed by atoms with Gasteiger partial charge in [0.25, 0.3) is 0 Å². The second-order valence-electron chi connectivity index (χ2n) is 4.36. The third-order valence-electron chi connectivity index (χ3n) is 2.77. The summed E-state index contributed by atoms with van der Waals surface area (Å²) in [5, 5.41) is 1.79. The van der Waals surface area contributed by atoms with Crippen molar-refractivity contribution in [2.24, 2.45) is 5.92 Å². The largest absolute Gasteiger partial charge is 0.409 e. The molecule has 0 aromatic heterocycles. The van der Waals surface area contributed by atoms with Gasteiger partial charge >= 0.3 is 12.4 Å². The minimum atomic E-state index is -5.68. The normalized spacial score (nSPS) is 16.3. The Morgan fingerprint density at radius 3 is 1.84 bits per heavy atom. The number of hydrogen-bond donors (Lipinski definition) is 1. The maximum atomic E-state index is 12.3. The molecule has 0 fully saturated rings. The first kappa shape index (κ1) is 18.3. The highest BCUT2D eigenvalue weighted by Gasteiger charge is 2.61. The highest BCUT2D eigenvalue weighted by Crippen LogP contribution is 2.39. The number of carbonyl (C=O) groups excluding carboxylic acids is 1. The van der Waals surface area contributed by atoms with E-state index in [0.29, 0.717) is 0 Å². The molecule has 19 heavy (non-hydrogen) atoms. The van der Waals surface area contributed by atoms with Crippen molar-refractivity contribution in [1.29, 1.82) is 0 Å². The van der Waals surface area contributed by atoms with E-state index in [1.54, 1.807) is 5.32 Å². The topological polar surface area (TPSA) is 29.1 Å². The van der Waals surface area contributed by atoms with Crippen LogP contribution in [0.15, 0.2) is 0 Å². The van der Waals surface area contributed by atoms with Crippen LogP contribution < -0.4 is 5.32 Å². The fourth-order valence-corrected chi connectivity index (χ4v) is 1.81. The lowest BCUT2D eigenvalue weighted by molar-refractivity contribution is -0.274. The monoisotopic (exact) mass is 313 g/mol. The number of amides is 1. The molecule has 9 heteroatoms. The average molecular weight is 314 g/mol. The molecule has 0 spiro atoms. The Morgan fingerprint density at radius 1 is 1.16 bits per heavy atom. The third-order valence-corrected chi connectivity index (χ3v) is 2.96. The minimum Gasteiger partial charge on any atom is -0.350 e. The number of hydrogen-bond acceptors (Lipinski definition) is 1. The SMILES string of the molecule is CCC(C)(CCCl)NC(=O)C(C(F)(F)F)C(F)(F)F.